The molecular formula is C20H21N3O4S. The first kappa shape index (κ1) is 18.4. The minimum atomic E-state index is -3.69. The molecule has 0 spiro atoms. The molecule has 2 heterocycles. The Morgan fingerprint density at radius 1 is 1.18 bits per heavy atom. The highest BCUT2D eigenvalue weighted by molar-refractivity contribution is 7.92. The molecule has 146 valence electrons. The Morgan fingerprint density at radius 2 is 1.96 bits per heavy atom. The van der Waals surface area contributed by atoms with Gasteiger partial charge in [-0.15, -0.1) is 0 Å². The third-order valence-corrected chi connectivity index (χ3v) is 6.00. The van der Waals surface area contributed by atoms with Crippen LogP contribution >= 0.6 is 0 Å². The molecule has 0 radical (unpaired) electrons. The molecule has 1 N–H and O–H groups in total. The van der Waals surface area contributed by atoms with Crippen molar-refractivity contribution in [2.24, 2.45) is 0 Å². The van der Waals surface area contributed by atoms with Crippen molar-refractivity contribution in [3.63, 3.8) is 0 Å². The largest absolute Gasteiger partial charge is 0.486 e. The Kier molecular flexibility index (Phi) is 4.72. The number of fused-ring (bicyclic) bond motifs is 1. The number of anilines is 1. The number of hydrogen-bond donors (Lipinski definition) is 1. The van der Waals surface area contributed by atoms with Gasteiger partial charge in [0, 0.05) is 6.20 Å². The van der Waals surface area contributed by atoms with Crippen LogP contribution < -0.4 is 14.2 Å². The first-order valence-corrected chi connectivity index (χ1v) is 10.4. The van der Waals surface area contributed by atoms with Gasteiger partial charge in [-0.25, -0.2) is 8.42 Å². The van der Waals surface area contributed by atoms with E-state index in [1.165, 1.54) is 6.20 Å². The molecule has 0 bridgehead atoms. The minimum absolute atomic E-state index is 0.210. The predicted octanol–water partition coefficient (Wildman–Crippen LogP) is 3.14. The van der Waals surface area contributed by atoms with E-state index in [4.69, 9.17) is 9.47 Å². The third-order valence-electron chi connectivity index (χ3n) is 4.48. The average Bonchev–Trinajstić information content (AvgIpc) is 3.09. The van der Waals surface area contributed by atoms with Gasteiger partial charge in [0.2, 0.25) is 0 Å². The molecule has 8 heteroatoms. The summed E-state index contributed by atoms with van der Waals surface area (Å²) in [6.45, 7) is 4.48. The van der Waals surface area contributed by atoms with Crippen LogP contribution in [0.25, 0.3) is 0 Å². The lowest BCUT2D eigenvalue weighted by Gasteiger charge is -2.26. The van der Waals surface area contributed by atoms with Crippen LogP contribution in [0.15, 0.2) is 59.8 Å². The number of nitrogens with one attached hydrogen (secondary N) is 1. The van der Waals surface area contributed by atoms with Crippen LogP contribution in [0.3, 0.4) is 0 Å². The van der Waals surface area contributed by atoms with Crippen molar-refractivity contribution >= 4 is 15.7 Å². The number of ether oxygens (including phenoxy) is 2. The van der Waals surface area contributed by atoms with E-state index in [1.54, 1.807) is 29.9 Å². The molecule has 1 unspecified atom stereocenters. The number of benzene rings is 2. The number of rotatable bonds is 5. The van der Waals surface area contributed by atoms with E-state index in [-0.39, 0.29) is 11.0 Å². The molecular weight excluding hydrogens is 378 g/mol. The second kappa shape index (κ2) is 7.20. The van der Waals surface area contributed by atoms with Gasteiger partial charge >= 0.3 is 0 Å². The first-order valence-electron chi connectivity index (χ1n) is 8.92. The lowest BCUT2D eigenvalue weighted by Crippen LogP contribution is -2.33. The molecule has 0 aliphatic carbocycles. The van der Waals surface area contributed by atoms with Gasteiger partial charge in [-0.3, -0.25) is 9.40 Å². The molecule has 0 amide bonds. The van der Waals surface area contributed by atoms with Crippen molar-refractivity contribution in [1.82, 2.24) is 9.78 Å². The van der Waals surface area contributed by atoms with Crippen molar-refractivity contribution < 1.29 is 17.9 Å². The molecule has 0 saturated carbocycles. The summed E-state index contributed by atoms with van der Waals surface area (Å²) in [6.07, 6.45) is 2.92. The van der Waals surface area contributed by atoms with Gasteiger partial charge in [-0.2, -0.15) is 5.10 Å². The van der Waals surface area contributed by atoms with Crippen LogP contribution in [0.2, 0.25) is 0 Å². The summed E-state index contributed by atoms with van der Waals surface area (Å²) >= 11 is 0. The van der Waals surface area contributed by atoms with E-state index < -0.39 is 10.0 Å². The van der Waals surface area contributed by atoms with E-state index in [0.29, 0.717) is 30.2 Å². The molecule has 28 heavy (non-hydrogen) atoms. The van der Waals surface area contributed by atoms with Crippen LogP contribution in [0.5, 0.6) is 11.5 Å². The fourth-order valence-corrected chi connectivity index (χ4v) is 4.44. The van der Waals surface area contributed by atoms with Crippen molar-refractivity contribution in [3.05, 3.63) is 66.0 Å². The van der Waals surface area contributed by atoms with Gasteiger partial charge < -0.3 is 9.47 Å². The third kappa shape index (κ3) is 3.82. The molecule has 1 aliphatic heterocycles. The maximum atomic E-state index is 12.7. The summed E-state index contributed by atoms with van der Waals surface area (Å²) in [7, 11) is -3.69. The summed E-state index contributed by atoms with van der Waals surface area (Å²) in [6, 6.07) is 12.8. The SMILES string of the molecule is Cc1ccc(C)c(S(=O)(=O)Nc2cnn(CC3COc4ccccc4O3)c2)c1. The Hall–Kier alpha value is -3.00. The molecule has 3 aromatic rings. The lowest BCUT2D eigenvalue weighted by molar-refractivity contribution is 0.0759. The van der Waals surface area contributed by atoms with Crippen molar-refractivity contribution in [1.29, 1.82) is 0 Å². The Labute approximate surface area is 164 Å². The molecule has 0 fully saturated rings. The first-order chi connectivity index (χ1) is 13.4. The number of aryl methyl sites for hydroxylation is 2. The summed E-state index contributed by atoms with van der Waals surface area (Å²) in [4.78, 5) is 0.265. The zero-order valence-electron chi connectivity index (χ0n) is 15.6. The number of nitrogens with zero attached hydrogens (tertiary/aromatic N) is 2. The second-order valence-corrected chi connectivity index (χ2v) is 8.47. The van der Waals surface area contributed by atoms with Crippen LogP contribution in [-0.4, -0.2) is 30.9 Å². The normalized spacial score (nSPS) is 16.0. The summed E-state index contributed by atoms with van der Waals surface area (Å²) < 4.78 is 41.3. The smallest absolute Gasteiger partial charge is 0.262 e. The maximum Gasteiger partial charge on any atom is 0.262 e. The monoisotopic (exact) mass is 399 g/mol. The van der Waals surface area contributed by atoms with E-state index in [0.717, 1.165) is 11.3 Å². The Balaban J connectivity index is 1.46. The molecule has 4 rings (SSSR count). The molecule has 1 atom stereocenters. The fraction of sp³-hybridized carbons (Fsp3) is 0.250. The molecule has 2 aromatic carbocycles. The van der Waals surface area contributed by atoms with Crippen molar-refractivity contribution in [2.45, 2.75) is 31.4 Å². The summed E-state index contributed by atoms with van der Waals surface area (Å²) in [5, 5.41) is 4.24. The minimum Gasteiger partial charge on any atom is -0.486 e. The standard InChI is InChI=1S/C20H21N3O4S/c1-14-7-8-15(2)20(9-14)28(24,25)22-16-10-21-23(11-16)12-17-13-26-18-5-3-4-6-19(18)27-17/h3-11,17,22H,12-13H2,1-2H3. The van der Waals surface area contributed by atoms with E-state index in [1.807, 2.05) is 37.3 Å². The van der Waals surface area contributed by atoms with Gasteiger partial charge in [0.1, 0.15) is 6.61 Å². The van der Waals surface area contributed by atoms with E-state index >= 15 is 0 Å². The quantitative estimate of drug-likeness (QED) is 0.713. The van der Waals surface area contributed by atoms with Crippen LogP contribution in [-0.2, 0) is 16.6 Å². The highest BCUT2D eigenvalue weighted by Crippen LogP contribution is 2.31. The molecule has 7 nitrogen and oxygen atoms in total. The topological polar surface area (TPSA) is 82.5 Å². The fourth-order valence-electron chi connectivity index (χ4n) is 3.08. The second-order valence-electron chi connectivity index (χ2n) is 6.82. The van der Waals surface area contributed by atoms with Crippen molar-refractivity contribution in [2.75, 3.05) is 11.3 Å². The Bertz CT molecular complexity index is 1110. The van der Waals surface area contributed by atoms with Crippen LogP contribution in [0.4, 0.5) is 5.69 Å². The number of para-hydroxylation sites is 2. The molecule has 0 saturated heterocycles. The van der Waals surface area contributed by atoms with E-state index in [9.17, 15) is 8.42 Å². The zero-order chi connectivity index (χ0) is 19.7. The number of hydrogen-bond acceptors (Lipinski definition) is 5. The number of aromatic nitrogens is 2. The number of sulfonamides is 1. The van der Waals surface area contributed by atoms with Crippen molar-refractivity contribution in [3.8, 4) is 11.5 Å². The average molecular weight is 399 g/mol. The van der Waals surface area contributed by atoms with Crippen LogP contribution in [0.1, 0.15) is 11.1 Å². The van der Waals surface area contributed by atoms with Crippen LogP contribution in [0, 0.1) is 13.8 Å². The maximum absolute atomic E-state index is 12.7. The van der Waals surface area contributed by atoms with Gasteiger partial charge in [-0.05, 0) is 43.2 Å². The van der Waals surface area contributed by atoms with Gasteiger partial charge in [-0.1, -0.05) is 24.3 Å². The Morgan fingerprint density at radius 3 is 2.79 bits per heavy atom. The summed E-state index contributed by atoms with van der Waals surface area (Å²) in [5.41, 5.74) is 1.98. The zero-order valence-corrected chi connectivity index (χ0v) is 16.4. The highest BCUT2D eigenvalue weighted by atomic mass is 32.2. The lowest BCUT2D eigenvalue weighted by atomic mass is 10.2. The molecule has 1 aliphatic rings. The van der Waals surface area contributed by atoms with E-state index in [2.05, 4.69) is 9.82 Å². The van der Waals surface area contributed by atoms with Gasteiger partial charge in [0.05, 0.1) is 23.3 Å². The highest BCUT2D eigenvalue weighted by Gasteiger charge is 2.22. The van der Waals surface area contributed by atoms with Gasteiger partial charge in [0.25, 0.3) is 10.0 Å². The molecule has 1 aromatic heterocycles. The predicted molar refractivity (Wildman–Crippen MR) is 105 cm³/mol. The van der Waals surface area contributed by atoms with Gasteiger partial charge in [0.15, 0.2) is 17.6 Å². The summed E-state index contributed by atoms with van der Waals surface area (Å²) in [5.74, 6) is 1.42.